The van der Waals surface area contributed by atoms with Gasteiger partial charge in [-0.15, -0.1) is 24.8 Å². The van der Waals surface area contributed by atoms with E-state index in [-0.39, 0.29) is 42.8 Å². The zero-order chi connectivity index (χ0) is 15.8. The van der Waals surface area contributed by atoms with Crippen molar-refractivity contribution in [3.8, 4) is 0 Å². The van der Waals surface area contributed by atoms with Crippen LogP contribution < -0.4 is 11.1 Å². The SMILES string of the molecule is CCCCC(CN)NC(=O)C1CCCN1Cc1ccccc1.Cl.Cl. The van der Waals surface area contributed by atoms with E-state index < -0.39 is 0 Å². The largest absolute Gasteiger partial charge is 0.351 e. The van der Waals surface area contributed by atoms with Gasteiger partial charge in [0.25, 0.3) is 0 Å². The zero-order valence-electron chi connectivity index (χ0n) is 14.4. The number of amides is 1. The number of hydrogen-bond acceptors (Lipinski definition) is 3. The number of unbranched alkanes of at least 4 members (excludes halogenated alkanes) is 1. The van der Waals surface area contributed by atoms with Crippen LogP contribution in [0.5, 0.6) is 0 Å². The summed E-state index contributed by atoms with van der Waals surface area (Å²) in [6.45, 7) is 4.53. The highest BCUT2D eigenvalue weighted by Gasteiger charge is 2.31. The molecule has 1 aromatic rings. The highest BCUT2D eigenvalue weighted by Crippen LogP contribution is 2.20. The molecule has 1 aliphatic heterocycles. The van der Waals surface area contributed by atoms with E-state index in [0.717, 1.165) is 45.2 Å². The molecule has 2 unspecified atom stereocenters. The van der Waals surface area contributed by atoms with Crippen LogP contribution >= 0.6 is 24.8 Å². The molecule has 2 rings (SSSR count). The molecule has 0 spiro atoms. The molecule has 24 heavy (non-hydrogen) atoms. The van der Waals surface area contributed by atoms with E-state index in [1.165, 1.54) is 5.56 Å². The van der Waals surface area contributed by atoms with Gasteiger partial charge in [0.2, 0.25) is 5.91 Å². The topological polar surface area (TPSA) is 58.4 Å². The molecule has 1 saturated heterocycles. The summed E-state index contributed by atoms with van der Waals surface area (Å²) in [5.41, 5.74) is 7.06. The van der Waals surface area contributed by atoms with E-state index in [1.807, 2.05) is 6.07 Å². The first-order valence-electron chi connectivity index (χ1n) is 8.53. The monoisotopic (exact) mass is 375 g/mol. The minimum absolute atomic E-state index is 0. The van der Waals surface area contributed by atoms with Crippen molar-refractivity contribution in [2.24, 2.45) is 5.73 Å². The van der Waals surface area contributed by atoms with Crippen LogP contribution in [0.15, 0.2) is 30.3 Å². The average molecular weight is 376 g/mol. The van der Waals surface area contributed by atoms with E-state index in [9.17, 15) is 4.79 Å². The number of nitrogens with zero attached hydrogens (tertiary/aromatic N) is 1. The third kappa shape index (κ3) is 6.98. The fraction of sp³-hybridized carbons (Fsp3) is 0.611. The number of nitrogens with one attached hydrogen (secondary N) is 1. The maximum absolute atomic E-state index is 12.6. The highest BCUT2D eigenvalue weighted by atomic mass is 35.5. The minimum atomic E-state index is -0.00381. The Labute approximate surface area is 158 Å². The maximum Gasteiger partial charge on any atom is 0.237 e. The quantitative estimate of drug-likeness (QED) is 0.733. The lowest BCUT2D eigenvalue weighted by Crippen LogP contribution is -2.48. The summed E-state index contributed by atoms with van der Waals surface area (Å²) in [4.78, 5) is 14.9. The highest BCUT2D eigenvalue weighted by molar-refractivity contribution is 5.85. The number of carbonyl (C=O) groups is 1. The summed E-state index contributed by atoms with van der Waals surface area (Å²) < 4.78 is 0. The van der Waals surface area contributed by atoms with Gasteiger partial charge in [-0.2, -0.15) is 0 Å². The Bertz CT molecular complexity index is 459. The van der Waals surface area contributed by atoms with Gasteiger partial charge >= 0.3 is 0 Å². The minimum Gasteiger partial charge on any atom is -0.351 e. The average Bonchev–Trinajstić information content (AvgIpc) is 3.00. The van der Waals surface area contributed by atoms with Gasteiger partial charge in [0.15, 0.2) is 0 Å². The first-order chi connectivity index (χ1) is 10.7. The van der Waals surface area contributed by atoms with Gasteiger partial charge in [-0.1, -0.05) is 50.1 Å². The fourth-order valence-electron chi connectivity index (χ4n) is 3.13. The van der Waals surface area contributed by atoms with Crippen LogP contribution in [0.1, 0.15) is 44.6 Å². The molecule has 0 radical (unpaired) electrons. The first-order valence-corrected chi connectivity index (χ1v) is 8.53. The van der Waals surface area contributed by atoms with Crippen LogP contribution in [0.25, 0.3) is 0 Å². The molecule has 1 fully saturated rings. The Morgan fingerprint density at radius 3 is 2.67 bits per heavy atom. The molecular weight excluding hydrogens is 345 g/mol. The van der Waals surface area contributed by atoms with Crippen LogP contribution in [0.3, 0.4) is 0 Å². The molecule has 1 aromatic carbocycles. The number of nitrogens with two attached hydrogens (primary N) is 1. The molecule has 138 valence electrons. The van der Waals surface area contributed by atoms with Crippen LogP contribution in [0, 0.1) is 0 Å². The molecule has 0 aromatic heterocycles. The molecule has 1 amide bonds. The van der Waals surface area contributed by atoms with Gasteiger partial charge in [0.05, 0.1) is 6.04 Å². The lowest BCUT2D eigenvalue weighted by molar-refractivity contribution is -0.126. The Balaban J connectivity index is 0.00000264. The molecule has 1 heterocycles. The maximum atomic E-state index is 12.6. The molecule has 2 atom stereocenters. The standard InChI is InChI=1S/C18H29N3O.2ClH/c1-2-3-10-16(13-19)20-18(22)17-11-7-12-21(17)14-15-8-5-4-6-9-15;;/h4-6,8-9,16-17H,2-3,7,10-14,19H2,1H3,(H,20,22);2*1H. The number of likely N-dealkylation sites (tertiary alicyclic amines) is 1. The van der Waals surface area contributed by atoms with Crippen LogP contribution in [-0.4, -0.2) is 36.0 Å². The van der Waals surface area contributed by atoms with E-state index in [1.54, 1.807) is 0 Å². The Morgan fingerprint density at radius 2 is 2.04 bits per heavy atom. The molecule has 6 heteroatoms. The fourth-order valence-corrected chi connectivity index (χ4v) is 3.13. The lowest BCUT2D eigenvalue weighted by Gasteiger charge is -2.26. The second kappa shape index (κ2) is 12.5. The third-order valence-electron chi connectivity index (χ3n) is 4.43. The van der Waals surface area contributed by atoms with E-state index in [2.05, 4.69) is 41.4 Å². The van der Waals surface area contributed by atoms with Crippen molar-refractivity contribution >= 4 is 30.7 Å². The summed E-state index contributed by atoms with van der Waals surface area (Å²) in [6, 6.07) is 10.5. The summed E-state index contributed by atoms with van der Waals surface area (Å²) in [6.07, 6.45) is 5.26. The second-order valence-corrected chi connectivity index (χ2v) is 6.20. The summed E-state index contributed by atoms with van der Waals surface area (Å²) in [7, 11) is 0. The zero-order valence-corrected chi connectivity index (χ0v) is 16.1. The molecule has 0 aliphatic carbocycles. The van der Waals surface area contributed by atoms with Crippen molar-refractivity contribution in [3.63, 3.8) is 0 Å². The van der Waals surface area contributed by atoms with Crippen molar-refractivity contribution in [1.29, 1.82) is 0 Å². The van der Waals surface area contributed by atoms with Crippen molar-refractivity contribution in [1.82, 2.24) is 10.2 Å². The summed E-state index contributed by atoms with van der Waals surface area (Å²) in [5.74, 6) is 0.153. The second-order valence-electron chi connectivity index (χ2n) is 6.20. The van der Waals surface area contributed by atoms with Gasteiger partial charge in [0, 0.05) is 19.1 Å². The normalized spacial score (nSPS) is 18.3. The van der Waals surface area contributed by atoms with Gasteiger partial charge in [0.1, 0.15) is 0 Å². The number of benzene rings is 1. The molecule has 1 aliphatic rings. The molecular formula is C18H31Cl2N3O. The number of halogens is 2. The predicted molar refractivity (Wildman–Crippen MR) is 105 cm³/mol. The number of hydrogen-bond donors (Lipinski definition) is 2. The van der Waals surface area contributed by atoms with Gasteiger partial charge in [-0.25, -0.2) is 0 Å². The van der Waals surface area contributed by atoms with Crippen molar-refractivity contribution in [2.75, 3.05) is 13.1 Å². The van der Waals surface area contributed by atoms with Gasteiger partial charge in [-0.05, 0) is 31.4 Å². The van der Waals surface area contributed by atoms with Crippen molar-refractivity contribution < 1.29 is 4.79 Å². The first kappa shape index (κ1) is 23.2. The predicted octanol–water partition coefficient (Wildman–Crippen LogP) is 3.13. The van der Waals surface area contributed by atoms with E-state index in [4.69, 9.17) is 5.73 Å². The van der Waals surface area contributed by atoms with Crippen LogP contribution in [-0.2, 0) is 11.3 Å². The number of carbonyl (C=O) groups excluding carboxylic acids is 1. The van der Waals surface area contributed by atoms with Gasteiger partial charge in [-0.3, -0.25) is 9.69 Å². The Kier molecular flexibility index (Phi) is 12.1. The molecule has 3 N–H and O–H groups in total. The third-order valence-corrected chi connectivity index (χ3v) is 4.43. The summed E-state index contributed by atoms with van der Waals surface area (Å²) in [5, 5.41) is 3.15. The lowest BCUT2D eigenvalue weighted by atomic mass is 10.1. The van der Waals surface area contributed by atoms with E-state index >= 15 is 0 Å². The van der Waals surface area contributed by atoms with Crippen LogP contribution in [0.2, 0.25) is 0 Å². The van der Waals surface area contributed by atoms with Crippen molar-refractivity contribution in [3.05, 3.63) is 35.9 Å². The van der Waals surface area contributed by atoms with Crippen molar-refractivity contribution in [2.45, 2.75) is 57.7 Å². The Morgan fingerprint density at radius 1 is 1.33 bits per heavy atom. The smallest absolute Gasteiger partial charge is 0.237 e. The molecule has 4 nitrogen and oxygen atoms in total. The Hall–Kier alpha value is -0.810. The van der Waals surface area contributed by atoms with Gasteiger partial charge < -0.3 is 11.1 Å². The van der Waals surface area contributed by atoms with E-state index in [0.29, 0.717) is 6.54 Å². The molecule has 0 saturated carbocycles. The van der Waals surface area contributed by atoms with Crippen LogP contribution in [0.4, 0.5) is 0 Å². The summed E-state index contributed by atoms with van der Waals surface area (Å²) >= 11 is 0. The number of rotatable bonds is 8. The molecule has 0 bridgehead atoms.